The Morgan fingerprint density at radius 3 is 2.48 bits per heavy atom. The van der Waals surface area contributed by atoms with Gasteiger partial charge in [0.15, 0.2) is 23.1 Å². The first-order chi connectivity index (χ1) is 24.1. The Kier molecular flexibility index (Phi) is 11.4. The Hall–Kier alpha value is -5.43. The fraction of sp³-hybridized carbons (Fsp3) is 0.378. The van der Waals surface area contributed by atoms with Crippen LogP contribution in [0.3, 0.4) is 0 Å². The van der Waals surface area contributed by atoms with Gasteiger partial charge >= 0.3 is 0 Å². The number of carbonyl (C=O) groups excluding carboxylic acids is 2. The number of methoxy groups -OCH3 is 4. The zero-order valence-electron chi connectivity index (χ0n) is 29.4. The molecule has 1 aliphatic carbocycles. The van der Waals surface area contributed by atoms with E-state index in [-0.39, 0.29) is 28.8 Å². The molecule has 0 aliphatic heterocycles. The van der Waals surface area contributed by atoms with Crippen LogP contribution >= 0.6 is 0 Å². The molecule has 0 unspecified atom stereocenters. The molecule has 5 rings (SSSR count). The predicted octanol–water partition coefficient (Wildman–Crippen LogP) is 5.26. The maximum atomic E-state index is 14.0. The van der Waals surface area contributed by atoms with Crippen LogP contribution in [0.15, 0.2) is 53.3 Å². The first kappa shape index (κ1) is 35.9. The van der Waals surface area contributed by atoms with Crippen molar-refractivity contribution in [3.05, 3.63) is 75.7 Å². The zero-order chi connectivity index (χ0) is 35.9. The third-order valence-electron chi connectivity index (χ3n) is 8.92. The highest BCUT2D eigenvalue weighted by Gasteiger charge is 2.30. The standard InChI is InChI=1S/C37H44N6O7/c1-8-20(2)33(37(46)39-24-11-9-10-23(16-24)36-41-31(19-47-4)42-43-36)40-28-15-13-25-26(18-29(28)45)27(38-21(3)44)14-12-22-17-30(48-5)34(49-6)35(50-7)32(22)25/h9-11,13,15-18,20,27,33H,8,12,14,19H2,1-7H3,(H,38,44)(H,39,46)(H,40,45)(H,41,42,43)/t20-,27+,33+/m0/s1. The van der Waals surface area contributed by atoms with Crippen LogP contribution in [-0.4, -0.2) is 61.5 Å². The van der Waals surface area contributed by atoms with E-state index in [0.29, 0.717) is 77.1 Å². The molecule has 0 bridgehead atoms. The molecule has 1 heterocycles. The van der Waals surface area contributed by atoms with Gasteiger partial charge in [-0.1, -0.05) is 38.5 Å². The molecule has 0 radical (unpaired) electrons. The van der Waals surface area contributed by atoms with Crippen molar-refractivity contribution in [1.82, 2.24) is 20.5 Å². The second-order valence-electron chi connectivity index (χ2n) is 12.2. The van der Waals surface area contributed by atoms with Crippen molar-refractivity contribution in [2.75, 3.05) is 39.1 Å². The van der Waals surface area contributed by atoms with E-state index in [4.69, 9.17) is 18.9 Å². The van der Waals surface area contributed by atoms with E-state index in [1.807, 2.05) is 38.1 Å². The average molecular weight is 685 g/mol. The third kappa shape index (κ3) is 7.57. The van der Waals surface area contributed by atoms with Crippen LogP contribution in [0.25, 0.3) is 22.5 Å². The Morgan fingerprint density at radius 2 is 1.80 bits per heavy atom. The van der Waals surface area contributed by atoms with Gasteiger partial charge in [-0.05, 0) is 65.8 Å². The lowest BCUT2D eigenvalue weighted by molar-refractivity contribution is -0.120. The van der Waals surface area contributed by atoms with E-state index in [2.05, 4.69) is 31.1 Å². The number of nitrogens with zero attached hydrogens (tertiary/aromatic N) is 2. The molecule has 2 amide bonds. The lowest BCUT2D eigenvalue weighted by atomic mass is 9.95. The number of fused-ring (bicyclic) bond motifs is 3. The first-order valence-corrected chi connectivity index (χ1v) is 16.5. The molecule has 4 aromatic rings. The summed E-state index contributed by atoms with van der Waals surface area (Å²) in [7, 11) is 6.23. The highest BCUT2D eigenvalue weighted by molar-refractivity contribution is 5.97. The molecule has 1 aliphatic rings. The highest BCUT2D eigenvalue weighted by atomic mass is 16.5. The van der Waals surface area contributed by atoms with Gasteiger partial charge < -0.3 is 34.9 Å². The zero-order valence-corrected chi connectivity index (χ0v) is 29.4. The Morgan fingerprint density at radius 1 is 1.02 bits per heavy atom. The molecular weight excluding hydrogens is 640 g/mol. The van der Waals surface area contributed by atoms with Gasteiger partial charge in [0.05, 0.1) is 33.1 Å². The summed E-state index contributed by atoms with van der Waals surface area (Å²) in [5.74, 6) is 1.78. The van der Waals surface area contributed by atoms with Gasteiger partial charge in [0.2, 0.25) is 23.0 Å². The monoisotopic (exact) mass is 684 g/mol. The van der Waals surface area contributed by atoms with Crippen molar-refractivity contribution < 1.29 is 28.5 Å². The van der Waals surface area contributed by atoms with E-state index in [9.17, 15) is 14.4 Å². The number of amides is 2. The van der Waals surface area contributed by atoms with Gasteiger partial charge in [0, 0.05) is 30.8 Å². The quantitative estimate of drug-likeness (QED) is 0.146. The molecule has 0 saturated carbocycles. The van der Waals surface area contributed by atoms with Crippen molar-refractivity contribution in [2.45, 2.75) is 58.7 Å². The minimum Gasteiger partial charge on any atom is -0.493 e. The van der Waals surface area contributed by atoms with E-state index in [1.54, 1.807) is 39.5 Å². The molecule has 0 fully saturated rings. The van der Waals surface area contributed by atoms with Crippen LogP contribution in [0.1, 0.15) is 56.6 Å². The minimum absolute atomic E-state index is 0.143. The third-order valence-corrected chi connectivity index (χ3v) is 8.92. The van der Waals surface area contributed by atoms with Gasteiger partial charge in [0.25, 0.3) is 0 Å². The average Bonchev–Trinajstić information content (AvgIpc) is 3.46. The Bertz CT molecular complexity index is 1930. The number of aromatic nitrogens is 3. The summed E-state index contributed by atoms with van der Waals surface area (Å²) in [4.78, 5) is 44.7. The fourth-order valence-corrected chi connectivity index (χ4v) is 6.28. The lowest BCUT2D eigenvalue weighted by Gasteiger charge is -2.24. The van der Waals surface area contributed by atoms with Crippen LogP contribution in [0, 0.1) is 5.92 Å². The maximum Gasteiger partial charge on any atom is 0.247 e. The Balaban J connectivity index is 1.54. The number of H-pyrrole nitrogens is 1. The number of nitrogens with one attached hydrogen (secondary N) is 4. The van der Waals surface area contributed by atoms with Crippen LogP contribution in [0.2, 0.25) is 0 Å². The first-order valence-electron chi connectivity index (χ1n) is 16.5. The van der Waals surface area contributed by atoms with Gasteiger partial charge in [-0.25, -0.2) is 4.98 Å². The lowest BCUT2D eigenvalue weighted by Crippen LogP contribution is -2.40. The second-order valence-corrected chi connectivity index (χ2v) is 12.2. The van der Waals surface area contributed by atoms with Gasteiger partial charge in [-0.3, -0.25) is 19.5 Å². The normalized spacial score (nSPS) is 14.7. The molecule has 4 N–H and O–H groups in total. The molecule has 13 nitrogen and oxygen atoms in total. The van der Waals surface area contributed by atoms with Crippen molar-refractivity contribution in [2.24, 2.45) is 5.92 Å². The number of anilines is 2. The van der Waals surface area contributed by atoms with E-state index >= 15 is 0 Å². The highest BCUT2D eigenvalue weighted by Crippen LogP contribution is 2.50. The maximum absolute atomic E-state index is 14.0. The predicted molar refractivity (Wildman–Crippen MR) is 191 cm³/mol. The number of aryl methyl sites for hydroxylation is 1. The summed E-state index contributed by atoms with van der Waals surface area (Å²) in [5, 5.41) is 16.4. The fourth-order valence-electron chi connectivity index (χ4n) is 6.28. The summed E-state index contributed by atoms with van der Waals surface area (Å²) in [6.45, 7) is 5.69. The number of aromatic amines is 1. The molecular formula is C37H44N6O7. The van der Waals surface area contributed by atoms with Crippen LogP contribution in [0.4, 0.5) is 11.4 Å². The molecule has 0 spiro atoms. The summed E-state index contributed by atoms with van der Waals surface area (Å²) >= 11 is 0. The smallest absolute Gasteiger partial charge is 0.247 e. The number of benzene rings is 2. The summed E-state index contributed by atoms with van der Waals surface area (Å²) < 4.78 is 22.3. The van der Waals surface area contributed by atoms with Crippen LogP contribution in [-0.2, 0) is 27.4 Å². The molecule has 13 heteroatoms. The van der Waals surface area contributed by atoms with Gasteiger partial charge in [-0.15, -0.1) is 0 Å². The van der Waals surface area contributed by atoms with E-state index < -0.39 is 12.1 Å². The van der Waals surface area contributed by atoms with Gasteiger partial charge in [-0.2, -0.15) is 5.10 Å². The molecule has 3 aromatic carbocycles. The molecule has 1 aromatic heterocycles. The largest absolute Gasteiger partial charge is 0.493 e. The van der Waals surface area contributed by atoms with E-state index in [1.165, 1.54) is 20.1 Å². The van der Waals surface area contributed by atoms with Crippen molar-refractivity contribution in [3.63, 3.8) is 0 Å². The number of hydrogen-bond donors (Lipinski definition) is 4. The van der Waals surface area contributed by atoms with Crippen molar-refractivity contribution in [1.29, 1.82) is 0 Å². The summed E-state index contributed by atoms with van der Waals surface area (Å²) in [5.41, 5.74) is 4.16. The SMILES string of the molecule is CC[C@H](C)[C@@H](Nc1ccc2c(cc1=O)[C@H](NC(C)=O)CCc1cc(OC)c(OC)c(OC)c1-2)C(=O)Nc1cccc(-c2n[nH]c(COC)n2)c1. The Labute approximate surface area is 291 Å². The van der Waals surface area contributed by atoms with Gasteiger partial charge in [0.1, 0.15) is 12.6 Å². The summed E-state index contributed by atoms with van der Waals surface area (Å²) in [6.07, 6.45) is 1.78. The second kappa shape index (κ2) is 15.9. The summed E-state index contributed by atoms with van der Waals surface area (Å²) in [6, 6.07) is 13.0. The van der Waals surface area contributed by atoms with Crippen molar-refractivity contribution in [3.8, 4) is 39.8 Å². The van der Waals surface area contributed by atoms with Crippen LogP contribution < -0.4 is 35.6 Å². The number of carbonyl (C=O) groups is 2. The van der Waals surface area contributed by atoms with E-state index in [0.717, 1.165) is 11.1 Å². The molecule has 50 heavy (non-hydrogen) atoms. The number of rotatable bonds is 13. The number of ether oxygens (including phenoxy) is 4. The number of hydrogen-bond acceptors (Lipinski definition) is 10. The van der Waals surface area contributed by atoms with Crippen LogP contribution in [0.5, 0.6) is 17.2 Å². The minimum atomic E-state index is -0.757. The molecule has 264 valence electrons. The van der Waals surface area contributed by atoms with Crippen molar-refractivity contribution >= 4 is 23.2 Å². The molecule has 3 atom stereocenters. The molecule has 0 saturated heterocycles. The topological polar surface area (TPSA) is 166 Å².